The molecule has 0 amide bonds. The van der Waals surface area contributed by atoms with Gasteiger partial charge in [-0.3, -0.25) is 20.2 Å². The molecule has 0 saturated carbocycles. The number of aromatic nitrogens is 3. The van der Waals surface area contributed by atoms with Gasteiger partial charge in [0.15, 0.2) is 0 Å². The van der Waals surface area contributed by atoms with Gasteiger partial charge in [-0.15, -0.1) is 0 Å². The van der Waals surface area contributed by atoms with E-state index in [1.807, 2.05) is 6.07 Å². The van der Waals surface area contributed by atoms with E-state index in [1.54, 1.807) is 18.3 Å². The molecule has 0 saturated heterocycles. The standard InChI is InChI=1S/C13H7N5O2/c14-5-8-3-9(7-15-6-8)13-11-4-10(18(19)20)1-2-12(11)16-17-13/h1-4,6-7H,(H,16,17). The van der Waals surface area contributed by atoms with E-state index in [-0.39, 0.29) is 5.69 Å². The maximum Gasteiger partial charge on any atom is 0.270 e. The molecule has 7 heteroatoms. The third kappa shape index (κ3) is 1.85. The molecule has 0 unspecified atom stereocenters. The molecular formula is C13H7N5O2. The van der Waals surface area contributed by atoms with Crippen molar-refractivity contribution in [1.82, 2.24) is 15.2 Å². The van der Waals surface area contributed by atoms with Crippen LogP contribution < -0.4 is 0 Å². The predicted molar refractivity (Wildman–Crippen MR) is 70.7 cm³/mol. The molecule has 0 aliphatic carbocycles. The highest BCUT2D eigenvalue weighted by molar-refractivity contribution is 5.94. The average Bonchev–Trinajstić information content (AvgIpc) is 2.90. The van der Waals surface area contributed by atoms with Crippen LogP contribution in [0.25, 0.3) is 22.2 Å². The van der Waals surface area contributed by atoms with Crippen LogP contribution in [-0.2, 0) is 0 Å². The molecule has 3 rings (SSSR count). The van der Waals surface area contributed by atoms with Crippen molar-refractivity contribution in [2.45, 2.75) is 0 Å². The van der Waals surface area contributed by atoms with Crippen LogP contribution in [0, 0.1) is 21.4 Å². The van der Waals surface area contributed by atoms with Gasteiger partial charge in [0.1, 0.15) is 11.8 Å². The molecule has 0 fully saturated rings. The van der Waals surface area contributed by atoms with E-state index in [2.05, 4.69) is 15.2 Å². The number of benzene rings is 1. The monoisotopic (exact) mass is 265 g/mol. The molecule has 3 aromatic rings. The van der Waals surface area contributed by atoms with Crippen LogP contribution in [0.15, 0.2) is 36.7 Å². The van der Waals surface area contributed by atoms with E-state index >= 15 is 0 Å². The number of aromatic amines is 1. The Morgan fingerprint density at radius 1 is 1.30 bits per heavy atom. The van der Waals surface area contributed by atoms with Crippen LogP contribution in [0.1, 0.15) is 5.56 Å². The summed E-state index contributed by atoms with van der Waals surface area (Å²) in [5.41, 5.74) is 2.26. The third-order valence-corrected chi connectivity index (χ3v) is 2.90. The zero-order chi connectivity index (χ0) is 14.1. The van der Waals surface area contributed by atoms with Gasteiger partial charge in [-0.2, -0.15) is 10.4 Å². The van der Waals surface area contributed by atoms with Crippen molar-refractivity contribution in [3.05, 3.63) is 52.3 Å². The number of H-pyrrole nitrogens is 1. The molecule has 0 aliphatic rings. The smallest absolute Gasteiger partial charge is 0.270 e. The molecule has 1 aromatic carbocycles. The Morgan fingerprint density at radius 3 is 2.90 bits per heavy atom. The number of fused-ring (bicyclic) bond motifs is 1. The third-order valence-electron chi connectivity index (χ3n) is 2.90. The van der Waals surface area contributed by atoms with Crippen LogP contribution in [0.4, 0.5) is 5.69 Å². The van der Waals surface area contributed by atoms with E-state index in [4.69, 9.17) is 5.26 Å². The number of nitriles is 1. The Bertz CT molecular complexity index is 863. The van der Waals surface area contributed by atoms with Crippen molar-refractivity contribution < 1.29 is 4.92 Å². The minimum Gasteiger partial charge on any atom is -0.277 e. The Labute approximate surface area is 112 Å². The number of nitro benzene ring substituents is 1. The van der Waals surface area contributed by atoms with Crippen LogP contribution in [0.3, 0.4) is 0 Å². The lowest BCUT2D eigenvalue weighted by molar-refractivity contribution is -0.384. The van der Waals surface area contributed by atoms with Crippen molar-refractivity contribution in [3.8, 4) is 17.3 Å². The predicted octanol–water partition coefficient (Wildman–Crippen LogP) is 2.40. The summed E-state index contributed by atoms with van der Waals surface area (Å²) in [6, 6.07) is 8.10. The molecule has 0 aliphatic heterocycles. The second kappa shape index (κ2) is 4.44. The first-order valence-electron chi connectivity index (χ1n) is 5.67. The maximum atomic E-state index is 10.8. The second-order valence-corrected chi connectivity index (χ2v) is 4.13. The summed E-state index contributed by atoms with van der Waals surface area (Å²) < 4.78 is 0. The van der Waals surface area contributed by atoms with Crippen LogP contribution in [0.2, 0.25) is 0 Å². The molecule has 2 aromatic heterocycles. The number of nitrogens with one attached hydrogen (secondary N) is 1. The quantitative estimate of drug-likeness (QED) is 0.565. The second-order valence-electron chi connectivity index (χ2n) is 4.13. The summed E-state index contributed by atoms with van der Waals surface area (Å²) >= 11 is 0. The Morgan fingerprint density at radius 2 is 2.15 bits per heavy atom. The molecule has 0 spiro atoms. The Hall–Kier alpha value is -3.27. The van der Waals surface area contributed by atoms with Gasteiger partial charge in [0.2, 0.25) is 0 Å². The number of nitrogens with zero attached hydrogens (tertiary/aromatic N) is 4. The summed E-state index contributed by atoms with van der Waals surface area (Å²) in [7, 11) is 0. The largest absolute Gasteiger partial charge is 0.277 e. The highest BCUT2D eigenvalue weighted by Crippen LogP contribution is 2.29. The fraction of sp³-hybridized carbons (Fsp3) is 0. The lowest BCUT2D eigenvalue weighted by Crippen LogP contribution is -1.87. The first-order chi connectivity index (χ1) is 9.69. The van der Waals surface area contributed by atoms with Crippen molar-refractivity contribution >= 4 is 16.6 Å². The molecule has 0 atom stereocenters. The molecule has 1 N–H and O–H groups in total. The molecule has 20 heavy (non-hydrogen) atoms. The number of non-ortho nitro benzene ring substituents is 1. The topological polar surface area (TPSA) is 108 Å². The summed E-state index contributed by atoms with van der Waals surface area (Å²) in [5.74, 6) is 0. The molecule has 2 heterocycles. The number of hydrogen-bond acceptors (Lipinski definition) is 5. The van der Waals surface area contributed by atoms with E-state index < -0.39 is 4.92 Å². The number of hydrogen-bond donors (Lipinski definition) is 1. The molecule has 0 radical (unpaired) electrons. The summed E-state index contributed by atoms with van der Waals surface area (Å²) in [5, 5.41) is 27.3. The van der Waals surface area contributed by atoms with E-state index in [1.165, 1.54) is 18.3 Å². The molecular weight excluding hydrogens is 258 g/mol. The minimum absolute atomic E-state index is 0.00968. The van der Waals surface area contributed by atoms with E-state index in [9.17, 15) is 10.1 Å². The van der Waals surface area contributed by atoms with Gasteiger partial charge in [0, 0.05) is 35.5 Å². The van der Waals surface area contributed by atoms with Gasteiger partial charge < -0.3 is 0 Å². The lowest BCUT2D eigenvalue weighted by atomic mass is 10.1. The van der Waals surface area contributed by atoms with Gasteiger partial charge >= 0.3 is 0 Å². The number of pyridine rings is 1. The normalized spacial score (nSPS) is 10.3. The average molecular weight is 265 g/mol. The van der Waals surface area contributed by atoms with Gasteiger partial charge in [0.05, 0.1) is 16.0 Å². The fourth-order valence-electron chi connectivity index (χ4n) is 1.97. The Balaban J connectivity index is 2.23. The first-order valence-corrected chi connectivity index (χ1v) is 5.67. The summed E-state index contributed by atoms with van der Waals surface area (Å²) in [6.07, 6.45) is 3.01. The Kier molecular flexibility index (Phi) is 2.62. The van der Waals surface area contributed by atoms with Crippen LogP contribution in [-0.4, -0.2) is 20.1 Å². The van der Waals surface area contributed by atoms with Gasteiger partial charge in [-0.1, -0.05) is 0 Å². The zero-order valence-corrected chi connectivity index (χ0v) is 10.1. The number of rotatable bonds is 2. The van der Waals surface area contributed by atoms with Crippen LogP contribution in [0.5, 0.6) is 0 Å². The highest BCUT2D eigenvalue weighted by Gasteiger charge is 2.13. The lowest BCUT2D eigenvalue weighted by Gasteiger charge is -1.98. The molecule has 0 bridgehead atoms. The van der Waals surface area contributed by atoms with Gasteiger partial charge in [-0.05, 0) is 12.1 Å². The van der Waals surface area contributed by atoms with Gasteiger partial charge in [0.25, 0.3) is 5.69 Å². The van der Waals surface area contributed by atoms with Crippen molar-refractivity contribution in [3.63, 3.8) is 0 Å². The zero-order valence-electron chi connectivity index (χ0n) is 10.1. The molecule has 7 nitrogen and oxygen atoms in total. The van der Waals surface area contributed by atoms with Crippen LogP contribution >= 0.6 is 0 Å². The molecule has 96 valence electrons. The summed E-state index contributed by atoms with van der Waals surface area (Å²) in [6.45, 7) is 0. The van der Waals surface area contributed by atoms with E-state index in [0.717, 1.165) is 0 Å². The van der Waals surface area contributed by atoms with E-state index in [0.29, 0.717) is 27.7 Å². The summed E-state index contributed by atoms with van der Waals surface area (Å²) in [4.78, 5) is 14.3. The van der Waals surface area contributed by atoms with Gasteiger partial charge in [-0.25, -0.2) is 0 Å². The van der Waals surface area contributed by atoms with Crippen molar-refractivity contribution in [2.24, 2.45) is 0 Å². The minimum atomic E-state index is -0.458. The fourth-order valence-corrected chi connectivity index (χ4v) is 1.97. The van der Waals surface area contributed by atoms with Crippen molar-refractivity contribution in [2.75, 3.05) is 0 Å². The first kappa shape index (κ1) is 11.8. The highest BCUT2D eigenvalue weighted by atomic mass is 16.6. The SMILES string of the molecule is N#Cc1cncc(-c2n[nH]c3ccc([N+](=O)[O-])cc23)c1. The van der Waals surface area contributed by atoms with Crippen molar-refractivity contribution in [1.29, 1.82) is 5.26 Å². The number of nitro groups is 1. The maximum absolute atomic E-state index is 10.8.